The van der Waals surface area contributed by atoms with Gasteiger partial charge in [-0.2, -0.15) is 0 Å². The topological polar surface area (TPSA) is 46.3 Å². The summed E-state index contributed by atoms with van der Waals surface area (Å²) in [6, 6.07) is 8.20. The monoisotopic (exact) mass is 244 g/mol. The molecule has 0 saturated heterocycles. The third-order valence-corrected chi connectivity index (χ3v) is 4.17. The van der Waals surface area contributed by atoms with Gasteiger partial charge in [-0.3, -0.25) is 4.79 Å². The second-order valence-electron chi connectivity index (χ2n) is 5.67. The van der Waals surface area contributed by atoms with Crippen LogP contribution in [0, 0.1) is 11.8 Å². The fourth-order valence-corrected chi connectivity index (χ4v) is 2.88. The molecule has 2 N–H and O–H groups in total. The van der Waals surface area contributed by atoms with E-state index in [-0.39, 0.29) is 17.9 Å². The van der Waals surface area contributed by atoms with Crippen LogP contribution < -0.4 is 10.6 Å². The van der Waals surface area contributed by atoms with Gasteiger partial charge in [0.2, 0.25) is 5.91 Å². The third-order valence-electron chi connectivity index (χ3n) is 4.17. The van der Waals surface area contributed by atoms with Crippen LogP contribution in [0.1, 0.15) is 25.3 Å². The van der Waals surface area contributed by atoms with E-state index in [0.717, 1.165) is 12.1 Å². The number of carbonyl (C=O) groups is 1. The molecule has 1 saturated carbocycles. The SMILES string of the molecule is CC(C(=O)N1CC(N)Cc2ccccc21)C1CC1. The smallest absolute Gasteiger partial charge is 0.230 e. The minimum Gasteiger partial charge on any atom is -0.326 e. The van der Waals surface area contributed by atoms with Crippen LogP contribution in [0.2, 0.25) is 0 Å². The molecule has 1 aliphatic heterocycles. The molecule has 1 fully saturated rings. The molecule has 2 atom stereocenters. The van der Waals surface area contributed by atoms with E-state index in [9.17, 15) is 4.79 Å². The maximum Gasteiger partial charge on any atom is 0.230 e. The van der Waals surface area contributed by atoms with Crippen molar-refractivity contribution in [2.75, 3.05) is 11.4 Å². The maximum atomic E-state index is 12.6. The van der Waals surface area contributed by atoms with Crippen LogP contribution in [0.4, 0.5) is 5.69 Å². The zero-order valence-corrected chi connectivity index (χ0v) is 10.8. The van der Waals surface area contributed by atoms with Crippen molar-refractivity contribution in [3.63, 3.8) is 0 Å². The molecule has 3 heteroatoms. The number of benzene rings is 1. The Kier molecular flexibility index (Phi) is 2.86. The molecule has 0 spiro atoms. The summed E-state index contributed by atoms with van der Waals surface area (Å²) in [6.07, 6.45) is 3.28. The van der Waals surface area contributed by atoms with Crippen LogP contribution >= 0.6 is 0 Å². The lowest BCUT2D eigenvalue weighted by molar-refractivity contribution is -0.122. The van der Waals surface area contributed by atoms with E-state index < -0.39 is 0 Å². The summed E-state index contributed by atoms with van der Waals surface area (Å²) in [5, 5.41) is 0. The van der Waals surface area contributed by atoms with E-state index in [0.29, 0.717) is 12.5 Å². The number of amides is 1. The Hall–Kier alpha value is -1.35. The molecule has 3 nitrogen and oxygen atoms in total. The number of rotatable bonds is 2. The second-order valence-corrected chi connectivity index (χ2v) is 5.67. The Morgan fingerprint density at radius 1 is 1.39 bits per heavy atom. The van der Waals surface area contributed by atoms with Gasteiger partial charge in [-0.15, -0.1) is 0 Å². The first-order valence-corrected chi connectivity index (χ1v) is 6.81. The predicted molar refractivity (Wildman–Crippen MR) is 72.4 cm³/mol. The van der Waals surface area contributed by atoms with Crippen molar-refractivity contribution in [3.8, 4) is 0 Å². The minimum atomic E-state index is 0.0650. The van der Waals surface area contributed by atoms with Gasteiger partial charge in [-0.05, 0) is 36.8 Å². The van der Waals surface area contributed by atoms with Crippen LogP contribution in [0.15, 0.2) is 24.3 Å². The minimum absolute atomic E-state index is 0.0650. The summed E-state index contributed by atoms with van der Waals surface area (Å²) in [5.74, 6) is 0.992. The van der Waals surface area contributed by atoms with E-state index in [1.54, 1.807) is 0 Å². The van der Waals surface area contributed by atoms with Gasteiger partial charge in [0, 0.05) is 24.2 Å². The summed E-state index contributed by atoms with van der Waals surface area (Å²) in [4.78, 5) is 14.5. The summed E-state index contributed by atoms with van der Waals surface area (Å²) in [5.41, 5.74) is 8.34. The quantitative estimate of drug-likeness (QED) is 0.864. The van der Waals surface area contributed by atoms with Crippen molar-refractivity contribution >= 4 is 11.6 Å². The van der Waals surface area contributed by atoms with E-state index in [4.69, 9.17) is 5.73 Å². The highest BCUT2D eigenvalue weighted by Gasteiger charge is 2.37. The van der Waals surface area contributed by atoms with Crippen molar-refractivity contribution < 1.29 is 4.79 Å². The largest absolute Gasteiger partial charge is 0.326 e. The highest BCUT2D eigenvalue weighted by Crippen LogP contribution is 2.39. The van der Waals surface area contributed by atoms with Crippen molar-refractivity contribution in [1.29, 1.82) is 0 Å². The normalized spacial score (nSPS) is 24.6. The highest BCUT2D eigenvalue weighted by atomic mass is 16.2. The van der Waals surface area contributed by atoms with Crippen LogP contribution in [-0.2, 0) is 11.2 Å². The van der Waals surface area contributed by atoms with Gasteiger partial charge in [-0.1, -0.05) is 25.1 Å². The van der Waals surface area contributed by atoms with Gasteiger partial charge < -0.3 is 10.6 Å². The Morgan fingerprint density at radius 3 is 2.83 bits per heavy atom. The van der Waals surface area contributed by atoms with Gasteiger partial charge in [0.15, 0.2) is 0 Å². The molecule has 1 aromatic rings. The number of hydrogen-bond acceptors (Lipinski definition) is 2. The number of hydrogen-bond donors (Lipinski definition) is 1. The highest BCUT2D eigenvalue weighted by molar-refractivity contribution is 5.96. The van der Waals surface area contributed by atoms with Crippen LogP contribution in [0.5, 0.6) is 0 Å². The first-order valence-electron chi connectivity index (χ1n) is 6.81. The molecule has 0 bridgehead atoms. The molecule has 1 aromatic carbocycles. The molecule has 0 aromatic heterocycles. The lowest BCUT2D eigenvalue weighted by Crippen LogP contribution is -2.48. The molecule has 0 radical (unpaired) electrons. The summed E-state index contributed by atoms with van der Waals surface area (Å²) in [6.45, 7) is 2.72. The Balaban J connectivity index is 1.89. The van der Waals surface area contributed by atoms with Crippen molar-refractivity contribution in [3.05, 3.63) is 29.8 Å². The molecular formula is C15H20N2O. The standard InChI is InChI=1S/C15H20N2O/c1-10(11-6-7-11)15(18)17-9-13(16)8-12-4-2-3-5-14(12)17/h2-5,10-11,13H,6-9,16H2,1H3. The Morgan fingerprint density at radius 2 is 2.11 bits per heavy atom. The number of para-hydroxylation sites is 1. The molecule has 1 heterocycles. The maximum absolute atomic E-state index is 12.6. The summed E-state index contributed by atoms with van der Waals surface area (Å²) < 4.78 is 0. The molecular weight excluding hydrogens is 224 g/mol. The van der Waals surface area contributed by atoms with Crippen molar-refractivity contribution in [1.82, 2.24) is 0 Å². The average molecular weight is 244 g/mol. The van der Waals surface area contributed by atoms with Gasteiger partial charge in [0.1, 0.15) is 0 Å². The van der Waals surface area contributed by atoms with Crippen molar-refractivity contribution in [2.45, 2.75) is 32.2 Å². The van der Waals surface area contributed by atoms with E-state index in [1.807, 2.05) is 23.1 Å². The Bertz CT molecular complexity index is 467. The molecule has 1 aliphatic carbocycles. The van der Waals surface area contributed by atoms with Gasteiger partial charge in [0.05, 0.1) is 0 Å². The fraction of sp³-hybridized carbons (Fsp3) is 0.533. The fourth-order valence-electron chi connectivity index (χ4n) is 2.88. The summed E-state index contributed by atoms with van der Waals surface area (Å²) >= 11 is 0. The first-order chi connectivity index (χ1) is 8.66. The number of fused-ring (bicyclic) bond motifs is 1. The predicted octanol–water partition coefficient (Wildman–Crippen LogP) is 1.95. The first kappa shape index (κ1) is 11.7. The molecule has 96 valence electrons. The third kappa shape index (κ3) is 2.03. The van der Waals surface area contributed by atoms with E-state index >= 15 is 0 Å². The van der Waals surface area contributed by atoms with Crippen LogP contribution in [-0.4, -0.2) is 18.5 Å². The molecule has 3 rings (SSSR count). The van der Waals surface area contributed by atoms with Crippen molar-refractivity contribution in [2.24, 2.45) is 17.6 Å². The number of carbonyl (C=O) groups excluding carboxylic acids is 1. The molecule has 2 aliphatic rings. The number of anilines is 1. The van der Waals surface area contributed by atoms with E-state index in [1.165, 1.54) is 18.4 Å². The molecule has 1 amide bonds. The Labute approximate surface area is 108 Å². The van der Waals surface area contributed by atoms with Gasteiger partial charge in [0.25, 0.3) is 0 Å². The molecule has 18 heavy (non-hydrogen) atoms. The van der Waals surface area contributed by atoms with Gasteiger partial charge in [-0.25, -0.2) is 0 Å². The van der Waals surface area contributed by atoms with E-state index in [2.05, 4.69) is 13.0 Å². The average Bonchev–Trinajstić information content (AvgIpc) is 3.20. The molecule has 2 unspecified atom stereocenters. The lowest BCUT2D eigenvalue weighted by Gasteiger charge is -2.34. The van der Waals surface area contributed by atoms with Crippen LogP contribution in [0.25, 0.3) is 0 Å². The van der Waals surface area contributed by atoms with Gasteiger partial charge >= 0.3 is 0 Å². The lowest BCUT2D eigenvalue weighted by atomic mass is 9.96. The zero-order chi connectivity index (χ0) is 12.7. The number of nitrogens with zero attached hydrogens (tertiary/aromatic N) is 1. The van der Waals surface area contributed by atoms with Crippen LogP contribution in [0.3, 0.4) is 0 Å². The zero-order valence-electron chi connectivity index (χ0n) is 10.8. The summed E-state index contributed by atoms with van der Waals surface area (Å²) in [7, 11) is 0. The second kappa shape index (κ2) is 4.39. The number of nitrogens with two attached hydrogens (primary N) is 1.